The van der Waals surface area contributed by atoms with E-state index in [-0.39, 0.29) is 12.5 Å². The highest BCUT2D eigenvalue weighted by Crippen LogP contribution is 2.32. The number of hydrogen-bond donors (Lipinski definition) is 1. The molecule has 0 amide bonds. The minimum Gasteiger partial charge on any atom is -0.462 e. The third-order valence-electron chi connectivity index (χ3n) is 2.70. The zero-order valence-electron chi connectivity index (χ0n) is 8.52. The van der Waals surface area contributed by atoms with E-state index in [2.05, 4.69) is 6.58 Å². The number of aliphatic hydroxyl groups is 1. The number of ether oxygens (including phenoxy) is 1. The van der Waals surface area contributed by atoms with E-state index in [4.69, 9.17) is 16.3 Å². The first kappa shape index (κ1) is 11.2. The lowest BCUT2D eigenvalue weighted by Gasteiger charge is -2.16. The highest BCUT2D eigenvalue weighted by molar-refractivity contribution is 6.30. The van der Waals surface area contributed by atoms with E-state index in [0.29, 0.717) is 16.2 Å². The van der Waals surface area contributed by atoms with Crippen molar-refractivity contribution in [2.75, 3.05) is 6.61 Å². The van der Waals surface area contributed by atoms with Gasteiger partial charge in [-0.15, -0.1) is 0 Å². The first-order chi connectivity index (χ1) is 7.59. The summed E-state index contributed by atoms with van der Waals surface area (Å²) in [6.45, 7) is 3.80. The van der Waals surface area contributed by atoms with Gasteiger partial charge in [0.1, 0.15) is 6.61 Å². The monoisotopic (exact) mass is 238 g/mol. The van der Waals surface area contributed by atoms with Crippen molar-refractivity contribution in [3.05, 3.63) is 47.0 Å². The summed E-state index contributed by atoms with van der Waals surface area (Å²) in [6.07, 6.45) is -0.781. The van der Waals surface area contributed by atoms with Crippen LogP contribution in [0, 0.1) is 5.92 Å². The van der Waals surface area contributed by atoms with Crippen molar-refractivity contribution in [2.45, 2.75) is 6.10 Å². The van der Waals surface area contributed by atoms with Crippen LogP contribution in [0.3, 0.4) is 0 Å². The molecule has 0 spiro atoms. The number of esters is 1. The molecule has 4 heteroatoms. The molecule has 0 unspecified atom stereocenters. The van der Waals surface area contributed by atoms with Crippen molar-refractivity contribution >= 4 is 17.6 Å². The van der Waals surface area contributed by atoms with Crippen LogP contribution in [0.25, 0.3) is 0 Å². The summed E-state index contributed by atoms with van der Waals surface area (Å²) in [6, 6.07) is 6.84. The fourth-order valence-electron chi connectivity index (χ4n) is 1.68. The van der Waals surface area contributed by atoms with Crippen LogP contribution >= 0.6 is 11.6 Å². The Kier molecular flexibility index (Phi) is 2.99. The lowest BCUT2D eigenvalue weighted by Crippen LogP contribution is -2.14. The summed E-state index contributed by atoms with van der Waals surface area (Å²) < 4.78 is 4.82. The van der Waals surface area contributed by atoms with Crippen LogP contribution in [-0.2, 0) is 9.53 Å². The number of hydrogen-bond acceptors (Lipinski definition) is 3. The maximum Gasteiger partial charge on any atom is 0.333 e. The minimum absolute atomic E-state index is 0.182. The molecule has 1 aliphatic heterocycles. The number of benzene rings is 1. The highest BCUT2D eigenvalue weighted by atomic mass is 35.5. The lowest BCUT2D eigenvalue weighted by molar-refractivity contribution is -0.135. The Bertz CT molecular complexity index is 424. The fourth-order valence-corrected chi connectivity index (χ4v) is 1.81. The largest absolute Gasteiger partial charge is 0.462 e. The SMILES string of the molecule is C=C1C(=O)OC[C@H]1[C@@H](O)c1ccc(Cl)cc1. The van der Waals surface area contributed by atoms with E-state index >= 15 is 0 Å². The second-order valence-electron chi connectivity index (χ2n) is 3.73. The van der Waals surface area contributed by atoms with E-state index in [1.54, 1.807) is 24.3 Å². The molecule has 16 heavy (non-hydrogen) atoms. The molecule has 0 saturated carbocycles. The Labute approximate surface area is 98.3 Å². The standard InChI is InChI=1S/C12H11ClO3/c1-7-10(6-16-12(7)15)11(14)8-2-4-9(13)5-3-8/h2-5,10-11,14H,1,6H2/t10-,11+/m1/s1. The van der Waals surface area contributed by atoms with Gasteiger partial charge in [-0.05, 0) is 17.7 Å². The average Bonchev–Trinajstić information content (AvgIpc) is 2.60. The molecule has 1 heterocycles. The summed E-state index contributed by atoms with van der Waals surface area (Å²) in [5.41, 5.74) is 1.02. The van der Waals surface area contributed by atoms with E-state index in [0.717, 1.165) is 0 Å². The van der Waals surface area contributed by atoms with Gasteiger partial charge in [0.25, 0.3) is 0 Å². The zero-order valence-corrected chi connectivity index (χ0v) is 9.28. The van der Waals surface area contributed by atoms with E-state index < -0.39 is 12.1 Å². The van der Waals surface area contributed by atoms with Crippen molar-refractivity contribution in [3.63, 3.8) is 0 Å². The third kappa shape index (κ3) is 1.96. The van der Waals surface area contributed by atoms with Crippen LogP contribution in [0.5, 0.6) is 0 Å². The second-order valence-corrected chi connectivity index (χ2v) is 4.16. The Hall–Kier alpha value is -1.32. The predicted molar refractivity (Wildman–Crippen MR) is 60.0 cm³/mol. The van der Waals surface area contributed by atoms with Crippen molar-refractivity contribution in [3.8, 4) is 0 Å². The predicted octanol–water partition coefficient (Wildman–Crippen LogP) is 2.10. The number of carbonyl (C=O) groups excluding carboxylic acids is 1. The first-order valence-corrected chi connectivity index (χ1v) is 5.27. The van der Waals surface area contributed by atoms with Crippen molar-refractivity contribution < 1.29 is 14.6 Å². The van der Waals surface area contributed by atoms with Crippen molar-refractivity contribution in [2.24, 2.45) is 5.92 Å². The molecule has 1 saturated heterocycles. The van der Waals surface area contributed by atoms with Crippen molar-refractivity contribution in [1.82, 2.24) is 0 Å². The first-order valence-electron chi connectivity index (χ1n) is 4.89. The molecule has 2 atom stereocenters. The van der Waals surface area contributed by atoms with Crippen LogP contribution in [0.2, 0.25) is 5.02 Å². The molecule has 1 N–H and O–H groups in total. The van der Waals surface area contributed by atoms with Gasteiger partial charge in [-0.1, -0.05) is 30.3 Å². The molecule has 1 aromatic rings. The summed E-state index contributed by atoms with van der Waals surface area (Å²) in [5, 5.41) is 10.7. The van der Waals surface area contributed by atoms with Gasteiger partial charge >= 0.3 is 5.97 Å². The quantitative estimate of drug-likeness (QED) is 0.634. The molecular weight excluding hydrogens is 228 g/mol. The molecule has 0 aliphatic carbocycles. The van der Waals surface area contributed by atoms with Crippen LogP contribution in [0.1, 0.15) is 11.7 Å². The number of aliphatic hydroxyl groups excluding tert-OH is 1. The number of carbonyl (C=O) groups is 1. The number of halogens is 1. The van der Waals surface area contributed by atoms with E-state index in [1.165, 1.54) is 0 Å². The van der Waals surface area contributed by atoms with Gasteiger partial charge in [-0.25, -0.2) is 4.79 Å². The van der Waals surface area contributed by atoms with Crippen molar-refractivity contribution in [1.29, 1.82) is 0 Å². The van der Waals surface area contributed by atoms with Crippen LogP contribution in [-0.4, -0.2) is 17.7 Å². The number of rotatable bonds is 2. The van der Waals surface area contributed by atoms with E-state index in [9.17, 15) is 9.90 Å². The Morgan fingerprint density at radius 2 is 2.06 bits per heavy atom. The van der Waals surface area contributed by atoms with Gasteiger partial charge in [0.15, 0.2) is 0 Å². The Balaban J connectivity index is 2.19. The topological polar surface area (TPSA) is 46.5 Å². The molecule has 1 fully saturated rings. The zero-order chi connectivity index (χ0) is 11.7. The minimum atomic E-state index is -0.781. The smallest absolute Gasteiger partial charge is 0.333 e. The van der Waals surface area contributed by atoms with Crippen LogP contribution in [0.4, 0.5) is 0 Å². The molecule has 1 aromatic carbocycles. The summed E-state index contributed by atoms with van der Waals surface area (Å²) in [4.78, 5) is 11.1. The molecule has 0 radical (unpaired) electrons. The lowest BCUT2D eigenvalue weighted by atomic mass is 9.92. The van der Waals surface area contributed by atoms with Gasteiger partial charge in [-0.3, -0.25) is 0 Å². The molecule has 1 aliphatic rings. The maximum absolute atomic E-state index is 11.1. The van der Waals surface area contributed by atoms with E-state index in [1.807, 2.05) is 0 Å². The van der Waals surface area contributed by atoms with Gasteiger partial charge in [-0.2, -0.15) is 0 Å². The Morgan fingerprint density at radius 3 is 2.56 bits per heavy atom. The summed E-state index contributed by atoms with van der Waals surface area (Å²) in [5.74, 6) is -0.799. The molecule has 3 nitrogen and oxygen atoms in total. The molecule has 2 rings (SSSR count). The van der Waals surface area contributed by atoms with Gasteiger partial charge < -0.3 is 9.84 Å². The van der Waals surface area contributed by atoms with Crippen LogP contribution < -0.4 is 0 Å². The van der Waals surface area contributed by atoms with Gasteiger partial charge in [0, 0.05) is 10.6 Å². The van der Waals surface area contributed by atoms with Gasteiger partial charge in [0.2, 0.25) is 0 Å². The average molecular weight is 239 g/mol. The third-order valence-corrected chi connectivity index (χ3v) is 2.95. The molecule has 84 valence electrons. The molecule has 0 bridgehead atoms. The molecular formula is C12H11ClO3. The fraction of sp³-hybridized carbons (Fsp3) is 0.250. The van der Waals surface area contributed by atoms with Gasteiger partial charge in [0.05, 0.1) is 12.0 Å². The second kappa shape index (κ2) is 4.28. The molecule has 0 aromatic heterocycles. The number of cyclic esters (lactones) is 1. The highest BCUT2D eigenvalue weighted by Gasteiger charge is 2.34. The Morgan fingerprint density at radius 1 is 1.44 bits per heavy atom. The summed E-state index contributed by atoms with van der Waals surface area (Å²) in [7, 11) is 0. The maximum atomic E-state index is 11.1. The van der Waals surface area contributed by atoms with Crippen LogP contribution in [0.15, 0.2) is 36.4 Å². The normalized spacial score (nSPS) is 22.0. The summed E-state index contributed by atoms with van der Waals surface area (Å²) >= 11 is 5.75.